The summed E-state index contributed by atoms with van der Waals surface area (Å²) in [5.74, 6) is 0.159. The van der Waals surface area contributed by atoms with Crippen molar-refractivity contribution in [1.82, 2.24) is 0 Å². The van der Waals surface area contributed by atoms with Gasteiger partial charge in [-0.3, -0.25) is 0 Å². The maximum Gasteiger partial charge on any atom is 0.124 e. The van der Waals surface area contributed by atoms with Gasteiger partial charge in [-0.05, 0) is 30.5 Å². The number of unbranched alkanes of at least 4 members (excludes halogenated alkanes) is 12. The van der Waals surface area contributed by atoms with Crippen LogP contribution >= 0.6 is 0 Å². The van der Waals surface area contributed by atoms with E-state index in [0.29, 0.717) is 5.56 Å². The Morgan fingerprint density at radius 3 is 1.84 bits per heavy atom. The van der Waals surface area contributed by atoms with Crippen LogP contribution in [-0.4, -0.2) is 16.5 Å². The van der Waals surface area contributed by atoms with E-state index in [4.69, 9.17) is 5.21 Å². The first-order chi connectivity index (χ1) is 12.3. The Bertz CT molecular complexity index is 471. The van der Waals surface area contributed by atoms with E-state index < -0.39 is 0 Å². The van der Waals surface area contributed by atoms with Gasteiger partial charge in [-0.1, -0.05) is 95.2 Å². The largest absolute Gasteiger partial charge is 0.507 e. The quantitative estimate of drug-likeness (QED) is 0.158. The standard InChI is InChI=1S/C22H37NO2/c1-2-3-4-5-6-7-8-9-10-11-12-13-14-15-20-16-17-22(24)21(18-20)19-23-25/h16-19,24-25H,2-15H2,1H3. The van der Waals surface area contributed by atoms with Crippen molar-refractivity contribution in [1.29, 1.82) is 0 Å². The average molecular weight is 348 g/mol. The van der Waals surface area contributed by atoms with Gasteiger partial charge in [0.2, 0.25) is 0 Å². The fourth-order valence-electron chi connectivity index (χ4n) is 3.27. The lowest BCUT2D eigenvalue weighted by molar-refractivity contribution is 0.321. The molecule has 3 heteroatoms. The summed E-state index contributed by atoms with van der Waals surface area (Å²) in [6.07, 6.45) is 20.0. The van der Waals surface area contributed by atoms with Gasteiger partial charge in [0.25, 0.3) is 0 Å². The number of hydrogen-bond acceptors (Lipinski definition) is 3. The van der Waals surface area contributed by atoms with Crippen LogP contribution in [0.3, 0.4) is 0 Å². The lowest BCUT2D eigenvalue weighted by Crippen LogP contribution is -1.90. The second-order valence-corrected chi connectivity index (χ2v) is 7.13. The van der Waals surface area contributed by atoms with E-state index in [1.165, 1.54) is 95.2 Å². The fourth-order valence-corrected chi connectivity index (χ4v) is 3.27. The zero-order chi connectivity index (χ0) is 18.2. The Hall–Kier alpha value is -1.51. The Morgan fingerprint density at radius 1 is 0.800 bits per heavy atom. The number of aryl methyl sites for hydroxylation is 1. The molecule has 0 saturated carbocycles. The second-order valence-electron chi connectivity index (χ2n) is 7.13. The zero-order valence-electron chi connectivity index (χ0n) is 16.1. The van der Waals surface area contributed by atoms with Crippen molar-refractivity contribution in [2.75, 3.05) is 0 Å². The first-order valence-electron chi connectivity index (χ1n) is 10.3. The molecule has 0 heterocycles. The highest BCUT2D eigenvalue weighted by atomic mass is 16.4. The molecule has 0 saturated heterocycles. The maximum atomic E-state index is 9.65. The fraction of sp³-hybridized carbons (Fsp3) is 0.682. The first-order valence-corrected chi connectivity index (χ1v) is 10.3. The summed E-state index contributed by atoms with van der Waals surface area (Å²) >= 11 is 0. The van der Waals surface area contributed by atoms with Gasteiger partial charge in [0.15, 0.2) is 0 Å². The molecule has 0 spiro atoms. The van der Waals surface area contributed by atoms with Crippen LogP contribution in [-0.2, 0) is 6.42 Å². The van der Waals surface area contributed by atoms with Gasteiger partial charge in [0.1, 0.15) is 5.75 Å². The van der Waals surface area contributed by atoms with Gasteiger partial charge in [0.05, 0.1) is 6.21 Å². The number of hydrogen-bond donors (Lipinski definition) is 2. The van der Waals surface area contributed by atoms with Gasteiger partial charge < -0.3 is 10.3 Å². The number of phenolic OH excluding ortho intramolecular Hbond substituents is 1. The summed E-state index contributed by atoms with van der Waals surface area (Å²) in [6.45, 7) is 2.27. The predicted octanol–water partition coefficient (Wildman–Crippen LogP) is 6.83. The molecule has 1 aromatic carbocycles. The first kappa shape index (κ1) is 21.5. The molecule has 0 aliphatic heterocycles. The number of nitrogens with zero attached hydrogens (tertiary/aromatic N) is 1. The van der Waals surface area contributed by atoms with Crippen molar-refractivity contribution >= 4 is 6.21 Å². The number of oxime groups is 1. The lowest BCUT2D eigenvalue weighted by atomic mass is 10.0. The van der Waals surface area contributed by atoms with Gasteiger partial charge >= 0.3 is 0 Å². The third-order valence-electron chi connectivity index (χ3n) is 4.86. The van der Waals surface area contributed by atoms with Crippen molar-refractivity contribution in [2.24, 2.45) is 5.16 Å². The Balaban J connectivity index is 1.96. The summed E-state index contributed by atoms with van der Waals surface area (Å²) in [5.41, 5.74) is 1.77. The monoisotopic (exact) mass is 347 g/mol. The number of rotatable bonds is 15. The molecule has 1 aromatic rings. The van der Waals surface area contributed by atoms with Crippen LogP contribution in [0.4, 0.5) is 0 Å². The van der Waals surface area contributed by atoms with Gasteiger partial charge in [-0.25, -0.2) is 0 Å². The molecule has 0 fully saturated rings. The van der Waals surface area contributed by atoms with Crippen molar-refractivity contribution in [3.63, 3.8) is 0 Å². The molecule has 0 amide bonds. The third-order valence-corrected chi connectivity index (χ3v) is 4.86. The molecule has 0 radical (unpaired) electrons. The highest BCUT2D eigenvalue weighted by Crippen LogP contribution is 2.19. The molecule has 25 heavy (non-hydrogen) atoms. The lowest BCUT2D eigenvalue weighted by Gasteiger charge is -2.05. The minimum absolute atomic E-state index is 0.159. The summed E-state index contributed by atoms with van der Waals surface area (Å²) in [7, 11) is 0. The Labute approximate surface area is 154 Å². The van der Waals surface area contributed by atoms with Crippen LogP contribution in [0.1, 0.15) is 102 Å². The molecular formula is C22H37NO2. The summed E-state index contributed by atoms with van der Waals surface area (Å²) in [5, 5.41) is 21.2. The predicted molar refractivity (Wildman–Crippen MR) is 107 cm³/mol. The number of phenols is 1. The molecule has 0 aliphatic carbocycles. The van der Waals surface area contributed by atoms with E-state index in [-0.39, 0.29) is 5.75 Å². The van der Waals surface area contributed by atoms with E-state index in [2.05, 4.69) is 12.1 Å². The molecular weight excluding hydrogens is 310 g/mol. The van der Waals surface area contributed by atoms with Crippen molar-refractivity contribution < 1.29 is 10.3 Å². The molecule has 0 aliphatic rings. The maximum absolute atomic E-state index is 9.65. The Kier molecular flexibility index (Phi) is 12.7. The van der Waals surface area contributed by atoms with Crippen molar-refractivity contribution in [3.8, 4) is 5.75 Å². The zero-order valence-corrected chi connectivity index (χ0v) is 16.1. The van der Waals surface area contributed by atoms with E-state index in [1.54, 1.807) is 6.07 Å². The average Bonchev–Trinajstić information content (AvgIpc) is 2.62. The molecule has 0 aromatic heterocycles. The minimum Gasteiger partial charge on any atom is -0.507 e. The summed E-state index contributed by atoms with van der Waals surface area (Å²) in [6, 6.07) is 5.52. The van der Waals surface area contributed by atoms with Crippen LogP contribution < -0.4 is 0 Å². The van der Waals surface area contributed by atoms with Gasteiger partial charge in [-0.2, -0.15) is 0 Å². The summed E-state index contributed by atoms with van der Waals surface area (Å²) in [4.78, 5) is 0. The van der Waals surface area contributed by atoms with Crippen LogP contribution in [0.15, 0.2) is 23.4 Å². The highest BCUT2D eigenvalue weighted by molar-refractivity contribution is 5.83. The van der Waals surface area contributed by atoms with Crippen LogP contribution in [0, 0.1) is 0 Å². The van der Waals surface area contributed by atoms with Crippen LogP contribution in [0.5, 0.6) is 5.75 Å². The van der Waals surface area contributed by atoms with Gasteiger partial charge in [0, 0.05) is 5.56 Å². The number of aromatic hydroxyl groups is 1. The molecule has 1 rings (SSSR count). The topological polar surface area (TPSA) is 52.8 Å². The second kappa shape index (κ2) is 14.8. The van der Waals surface area contributed by atoms with E-state index in [1.807, 2.05) is 12.1 Å². The van der Waals surface area contributed by atoms with E-state index in [0.717, 1.165) is 6.42 Å². The Morgan fingerprint density at radius 2 is 1.32 bits per heavy atom. The highest BCUT2D eigenvalue weighted by Gasteiger charge is 2.01. The van der Waals surface area contributed by atoms with Crippen LogP contribution in [0.25, 0.3) is 0 Å². The van der Waals surface area contributed by atoms with Crippen molar-refractivity contribution in [2.45, 2.75) is 96.8 Å². The van der Waals surface area contributed by atoms with Gasteiger partial charge in [-0.15, -0.1) is 0 Å². The normalized spacial score (nSPS) is 11.4. The SMILES string of the molecule is CCCCCCCCCCCCCCCc1ccc(O)c(C=NO)c1. The summed E-state index contributed by atoms with van der Waals surface area (Å²) < 4.78 is 0. The molecule has 0 unspecified atom stereocenters. The van der Waals surface area contributed by atoms with E-state index >= 15 is 0 Å². The molecule has 142 valence electrons. The molecule has 0 atom stereocenters. The van der Waals surface area contributed by atoms with E-state index in [9.17, 15) is 5.11 Å². The van der Waals surface area contributed by atoms with Crippen LogP contribution in [0.2, 0.25) is 0 Å². The molecule has 3 nitrogen and oxygen atoms in total. The minimum atomic E-state index is 0.159. The third kappa shape index (κ3) is 10.9. The molecule has 0 bridgehead atoms. The van der Waals surface area contributed by atoms with Crippen molar-refractivity contribution in [3.05, 3.63) is 29.3 Å². The number of benzene rings is 1. The molecule has 2 N–H and O–H groups in total. The smallest absolute Gasteiger partial charge is 0.124 e.